The number of nitrogens with one attached hydrogen (secondary N) is 2. The van der Waals surface area contributed by atoms with E-state index in [4.69, 9.17) is 4.74 Å². The summed E-state index contributed by atoms with van der Waals surface area (Å²) in [4.78, 5) is 39.1. The summed E-state index contributed by atoms with van der Waals surface area (Å²) in [5.74, 6) is -1.54. The van der Waals surface area contributed by atoms with Crippen molar-refractivity contribution in [2.75, 3.05) is 25.6 Å². The van der Waals surface area contributed by atoms with Crippen LogP contribution in [0.5, 0.6) is 0 Å². The molecule has 29 heavy (non-hydrogen) atoms. The fourth-order valence-electron chi connectivity index (χ4n) is 2.51. The summed E-state index contributed by atoms with van der Waals surface area (Å²) in [6, 6.07) is 10.4. The average molecular weight is 418 g/mol. The minimum atomic E-state index is -0.823. The maximum absolute atomic E-state index is 12.4. The van der Waals surface area contributed by atoms with Crippen LogP contribution in [0.15, 0.2) is 41.8 Å². The summed E-state index contributed by atoms with van der Waals surface area (Å²) in [5, 5.41) is 7.18. The standard InChI is InChI=1S/C21H27N3O4S/c1-14(2)19(23-20(26)17-6-5-11-29-17)21(27)28-13-18(25)22-12-15-7-9-16(10-8-15)24(3)4/h5-11,14,19H,12-13H2,1-4H3,(H,22,25)(H,23,26)/t19-/m1/s1. The molecule has 0 bridgehead atoms. The molecule has 1 aromatic carbocycles. The summed E-state index contributed by atoms with van der Waals surface area (Å²) in [7, 11) is 3.91. The Bertz CT molecular complexity index is 817. The van der Waals surface area contributed by atoms with E-state index in [0.29, 0.717) is 11.4 Å². The molecule has 1 aromatic heterocycles. The van der Waals surface area contributed by atoms with E-state index in [-0.39, 0.29) is 11.8 Å². The zero-order chi connectivity index (χ0) is 21.4. The molecule has 0 spiro atoms. The Labute approximate surface area is 175 Å². The van der Waals surface area contributed by atoms with Gasteiger partial charge in [0, 0.05) is 26.3 Å². The zero-order valence-electron chi connectivity index (χ0n) is 17.1. The van der Waals surface area contributed by atoms with Crippen LogP contribution in [-0.2, 0) is 20.9 Å². The SMILES string of the molecule is CC(C)[C@@H](NC(=O)c1cccs1)C(=O)OCC(=O)NCc1ccc(N(C)C)cc1. The lowest BCUT2D eigenvalue weighted by atomic mass is 10.0. The highest BCUT2D eigenvalue weighted by atomic mass is 32.1. The summed E-state index contributed by atoms with van der Waals surface area (Å²) in [6.45, 7) is 3.55. The number of benzene rings is 1. The fourth-order valence-corrected chi connectivity index (χ4v) is 3.13. The summed E-state index contributed by atoms with van der Waals surface area (Å²) < 4.78 is 5.12. The van der Waals surface area contributed by atoms with E-state index in [9.17, 15) is 14.4 Å². The molecule has 0 unspecified atom stereocenters. The van der Waals surface area contributed by atoms with Gasteiger partial charge in [-0.1, -0.05) is 32.0 Å². The van der Waals surface area contributed by atoms with Gasteiger partial charge in [-0.25, -0.2) is 4.79 Å². The van der Waals surface area contributed by atoms with Gasteiger partial charge in [-0.3, -0.25) is 9.59 Å². The molecule has 0 saturated heterocycles. The van der Waals surface area contributed by atoms with Crippen molar-refractivity contribution in [2.45, 2.75) is 26.4 Å². The van der Waals surface area contributed by atoms with E-state index in [1.807, 2.05) is 43.3 Å². The number of carbonyl (C=O) groups excluding carboxylic acids is 3. The van der Waals surface area contributed by atoms with Crippen LogP contribution in [0.2, 0.25) is 0 Å². The van der Waals surface area contributed by atoms with Gasteiger partial charge in [0.15, 0.2) is 6.61 Å². The number of hydrogen-bond donors (Lipinski definition) is 2. The Hall–Kier alpha value is -2.87. The molecule has 2 N–H and O–H groups in total. The first-order chi connectivity index (χ1) is 13.8. The minimum absolute atomic E-state index is 0.176. The van der Waals surface area contributed by atoms with Crippen LogP contribution in [0.1, 0.15) is 29.1 Å². The normalized spacial score (nSPS) is 11.6. The van der Waals surface area contributed by atoms with Crippen LogP contribution in [0.25, 0.3) is 0 Å². The second-order valence-corrected chi connectivity index (χ2v) is 8.07. The van der Waals surface area contributed by atoms with Crippen LogP contribution in [-0.4, -0.2) is 44.5 Å². The second kappa shape index (κ2) is 10.6. The van der Waals surface area contributed by atoms with Crippen LogP contribution in [0.3, 0.4) is 0 Å². The second-order valence-electron chi connectivity index (χ2n) is 7.12. The maximum Gasteiger partial charge on any atom is 0.329 e. The zero-order valence-corrected chi connectivity index (χ0v) is 17.9. The Morgan fingerprint density at radius 2 is 1.79 bits per heavy atom. The number of amides is 2. The fraction of sp³-hybridized carbons (Fsp3) is 0.381. The van der Waals surface area contributed by atoms with Gasteiger partial charge in [-0.05, 0) is 35.1 Å². The monoisotopic (exact) mass is 417 g/mol. The molecule has 1 heterocycles. The Morgan fingerprint density at radius 1 is 1.10 bits per heavy atom. The number of rotatable bonds is 9. The molecule has 0 fully saturated rings. The van der Waals surface area contributed by atoms with Crippen molar-refractivity contribution in [3.63, 3.8) is 0 Å². The maximum atomic E-state index is 12.4. The summed E-state index contributed by atoms with van der Waals surface area (Å²) in [6.07, 6.45) is 0. The Kier molecular flexibility index (Phi) is 8.21. The van der Waals surface area contributed by atoms with Crippen molar-refractivity contribution in [1.82, 2.24) is 10.6 Å². The molecule has 2 amide bonds. The van der Waals surface area contributed by atoms with Crippen molar-refractivity contribution in [1.29, 1.82) is 0 Å². The van der Waals surface area contributed by atoms with Gasteiger partial charge in [0.25, 0.3) is 11.8 Å². The van der Waals surface area contributed by atoms with Crippen molar-refractivity contribution >= 4 is 34.8 Å². The molecule has 2 aromatic rings. The van der Waals surface area contributed by atoms with Gasteiger partial charge in [0.2, 0.25) is 0 Å². The van der Waals surface area contributed by atoms with Crippen LogP contribution >= 0.6 is 11.3 Å². The molecule has 0 saturated carbocycles. The molecule has 8 heteroatoms. The Morgan fingerprint density at radius 3 is 2.34 bits per heavy atom. The van der Waals surface area contributed by atoms with E-state index in [1.165, 1.54) is 11.3 Å². The number of hydrogen-bond acceptors (Lipinski definition) is 6. The topological polar surface area (TPSA) is 87.7 Å². The quantitative estimate of drug-likeness (QED) is 0.612. The van der Waals surface area contributed by atoms with Gasteiger partial charge >= 0.3 is 5.97 Å². The highest BCUT2D eigenvalue weighted by Crippen LogP contribution is 2.12. The molecule has 1 atom stereocenters. The lowest BCUT2D eigenvalue weighted by molar-refractivity contribution is -0.151. The molecule has 7 nitrogen and oxygen atoms in total. The van der Waals surface area contributed by atoms with Crippen molar-refractivity contribution in [3.05, 3.63) is 52.2 Å². The average Bonchev–Trinajstić information content (AvgIpc) is 3.23. The first-order valence-electron chi connectivity index (χ1n) is 9.32. The molecule has 0 aliphatic heterocycles. The largest absolute Gasteiger partial charge is 0.454 e. The third-order valence-corrected chi connectivity index (χ3v) is 5.11. The number of anilines is 1. The van der Waals surface area contributed by atoms with Gasteiger partial charge in [0.05, 0.1) is 4.88 Å². The van der Waals surface area contributed by atoms with E-state index < -0.39 is 24.5 Å². The van der Waals surface area contributed by atoms with E-state index in [1.54, 1.807) is 31.4 Å². The highest BCUT2D eigenvalue weighted by Gasteiger charge is 2.27. The van der Waals surface area contributed by atoms with Gasteiger partial charge in [-0.2, -0.15) is 0 Å². The van der Waals surface area contributed by atoms with Gasteiger partial charge < -0.3 is 20.3 Å². The number of carbonyl (C=O) groups is 3. The molecule has 0 radical (unpaired) electrons. The summed E-state index contributed by atoms with van der Waals surface area (Å²) >= 11 is 1.29. The molecular formula is C21H27N3O4S. The molecule has 0 aliphatic rings. The summed E-state index contributed by atoms with van der Waals surface area (Å²) in [5.41, 5.74) is 2.01. The third kappa shape index (κ3) is 6.90. The van der Waals surface area contributed by atoms with E-state index in [2.05, 4.69) is 10.6 Å². The molecule has 2 rings (SSSR count). The lowest BCUT2D eigenvalue weighted by Crippen LogP contribution is -2.46. The van der Waals surface area contributed by atoms with Crippen LogP contribution in [0.4, 0.5) is 5.69 Å². The van der Waals surface area contributed by atoms with Crippen molar-refractivity contribution < 1.29 is 19.1 Å². The third-order valence-electron chi connectivity index (χ3n) is 4.24. The van der Waals surface area contributed by atoms with Gasteiger partial charge in [0.1, 0.15) is 6.04 Å². The van der Waals surface area contributed by atoms with Gasteiger partial charge in [-0.15, -0.1) is 11.3 Å². The first-order valence-corrected chi connectivity index (χ1v) is 10.2. The molecule has 156 valence electrons. The number of esters is 1. The lowest BCUT2D eigenvalue weighted by Gasteiger charge is -2.20. The molecule has 0 aliphatic carbocycles. The van der Waals surface area contributed by atoms with E-state index in [0.717, 1.165) is 11.3 Å². The smallest absolute Gasteiger partial charge is 0.329 e. The number of thiophene rings is 1. The predicted molar refractivity (Wildman–Crippen MR) is 114 cm³/mol. The minimum Gasteiger partial charge on any atom is -0.454 e. The highest BCUT2D eigenvalue weighted by molar-refractivity contribution is 7.12. The van der Waals surface area contributed by atoms with Crippen molar-refractivity contribution in [3.8, 4) is 0 Å². The number of nitrogens with zero attached hydrogens (tertiary/aromatic N) is 1. The number of ether oxygens (including phenoxy) is 1. The van der Waals surface area contributed by atoms with Crippen LogP contribution in [0, 0.1) is 5.92 Å². The van der Waals surface area contributed by atoms with Crippen molar-refractivity contribution in [2.24, 2.45) is 5.92 Å². The van der Waals surface area contributed by atoms with Crippen LogP contribution < -0.4 is 15.5 Å². The Balaban J connectivity index is 1.80. The predicted octanol–water partition coefficient (Wildman–Crippen LogP) is 2.43. The molecular weight excluding hydrogens is 390 g/mol. The first kappa shape index (κ1) is 22.4. The van der Waals surface area contributed by atoms with E-state index >= 15 is 0 Å².